The van der Waals surface area contributed by atoms with Crippen molar-refractivity contribution in [2.75, 3.05) is 26.2 Å². The van der Waals surface area contributed by atoms with E-state index in [1.54, 1.807) is 11.2 Å². The van der Waals surface area contributed by atoms with Crippen LogP contribution < -0.4 is 10.6 Å². The molecule has 1 aliphatic heterocycles. The number of aliphatic imine (C=N–C) groups is 1. The third-order valence-corrected chi connectivity index (χ3v) is 4.38. The van der Waals surface area contributed by atoms with E-state index in [-0.39, 0.29) is 12.1 Å². The van der Waals surface area contributed by atoms with Gasteiger partial charge in [0, 0.05) is 38.6 Å². The predicted molar refractivity (Wildman–Crippen MR) is 109 cm³/mol. The molecule has 2 N–H and O–H groups in total. The summed E-state index contributed by atoms with van der Waals surface area (Å²) in [4.78, 5) is 18.8. The van der Waals surface area contributed by atoms with E-state index in [9.17, 15) is 4.79 Å². The number of likely N-dealkylation sites (tertiary alicyclic amines) is 1. The first kappa shape index (κ1) is 22.0. The molecular weight excluding hydrogens is 358 g/mol. The molecule has 1 aromatic heterocycles. The molecule has 2 heterocycles. The van der Waals surface area contributed by atoms with Gasteiger partial charge < -0.3 is 24.8 Å². The Hall–Kier alpha value is -2.32. The molecule has 1 aromatic rings. The molecule has 0 saturated carbocycles. The third-order valence-electron chi connectivity index (χ3n) is 4.38. The van der Waals surface area contributed by atoms with Gasteiger partial charge in [-0.25, -0.2) is 4.79 Å². The van der Waals surface area contributed by atoms with Gasteiger partial charge in [-0.05, 0) is 40.5 Å². The highest BCUT2D eigenvalue weighted by molar-refractivity contribution is 5.80. The number of guanidine groups is 1. The first-order valence-electron chi connectivity index (χ1n) is 10.2. The minimum Gasteiger partial charge on any atom is -0.444 e. The van der Waals surface area contributed by atoms with E-state index in [1.807, 2.05) is 32.3 Å². The summed E-state index contributed by atoms with van der Waals surface area (Å²) in [5.74, 6) is 1.73. The summed E-state index contributed by atoms with van der Waals surface area (Å²) in [6.07, 6.45) is 4.28. The number of carbonyl (C=O) groups is 1. The molecule has 1 saturated heterocycles. The maximum atomic E-state index is 12.4. The summed E-state index contributed by atoms with van der Waals surface area (Å²) in [6, 6.07) is 0.153. The van der Waals surface area contributed by atoms with Crippen LogP contribution in [-0.4, -0.2) is 69.5 Å². The lowest BCUT2D eigenvalue weighted by Gasteiger charge is -2.35. The minimum atomic E-state index is -0.479. The maximum Gasteiger partial charge on any atom is 0.410 e. The zero-order valence-electron chi connectivity index (χ0n) is 17.9. The number of carbonyl (C=O) groups excluding carboxylic acids is 1. The van der Waals surface area contributed by atoms with Crippen molar-refractivity contribution < 1.29 is 9.53 Å². The van der Waals surface area contributed by atoms with E-state index in [4.69, 9.17) is 4.74 Å². The number of aryl methyl sites for hydroxylation is 1. The number of nitrogens with one attached hydrogen (secondary N) is 2. The van der Waals surface area contributed by atoms with Crippen LogP contribution in [0.3, 0.4) is 0 Å². The van der Waals surface area contributed by atoms with E-state index in [0.717, 1.165) is 50.7 Å². The number of piperidine rings is 1. The Morgan fingerprint density at radius 2 is 2.18 bits per heavy atom. The van der Waals surface area contributed by atoms with E-state index in [2.05, 4.69) is 32.7 Å². The van der Waals surface area contributed by atoms with Crippen LogP contribution in [0.4, 0.5) is 4.79 Å². The van der Waals surface area contributed by atoms with E-state index in [0.29, 0.717) is 13.1 Å². The van der Waals surface area contributed by atoms with E-state index >= 15 is 0 Å². The summed E-state index contributed by atoms with van der Waals surface area (Å²) in [5, 5.41) is 14.8. The molecule has 0 aliphatic carbocycles. The first-order valence-corrected chi connectivity index (χ1v) is 10.2. The van der Waals surface area contributed by atoms with Gasteiger partial charge in [-0.3, -0.25) is 4.99 Å². The van der Waals surface area contributed by atoms with Gasteiger partial charge in [0.1, 0.15) is 17.8 Å². The molecule has 1 aliphatic rings. The number of rotatable bonds is 6. The normalized spacial score (nSPS) is 18.1. The number of nitrogens with zero attached hydrogens (tertiary/aromatic N) is 5. The van der Waals surface area contributed by atoms with Gasteiger partial charge in [0.05, 0.1) is 6.54 Å². The molecule has 9 nitrogen and oxygen atoms in total. The smallest absolute Gasteiger partial charge is 0.410 e. The molecule has 0 aromatic carbocycles. The molecule has 1 fully saturated rings. The highest BCUT2D eigenvalue weighted by Gasteiger charge is 2.28. The second-order valence-electron chi connectivity index (χ2n) is 7.96. The zero-order valence-corrected chi connectivity index (χ0v) is 17.9. The molecule has 0 radical (unpaired) electrons. The molecule has 158 valence electrons. The summed E-state index contributed by atoms with van der Waals surface area (Å²) < 4.78 is 7.53. The van der Waals surface area contributed by atoms with Gasteiger partial charge in [0.15, 0.2) is 5.96 Å². The third kappa shape index (κ3) is 7.01. The Morgan fingerprint density at radius 1 is 1.39 bits per heavy atom. The van der Waals surface area contributed by atoms with Crippen LogP contribution in [0.2, 0.25) is 0 Å². The fourth-order valence-corrected chi connectivity index (χ4v) is 3.11. The van der Waals surface area contributed by atoms with Gasteiger partial charge in [-0.2, -0.15) is 0 Å². The van der Waals surface area contributed by atoms with Gasteiger partial charge >= 0.3 is 6.09 Å². The maximum absolute atomic E-state index is 12.4. The second kappa shape index (κ2) is 10.3. The summed E-state index contributed by atoms with van der Waals surface area (Å²) >= 11 is 0. The van der Waals surface area contributed by atoms with E-state index in [1.165, 1.54) is 0 Å². The van der Waals surface area contributed by atoms with Crippen molar-refractivity contribution >= 4 is 12.1 Å². The summed E-state index contributed by atoms with van der Waals surface area (Å²) in [7, 11) is 0. The summed E-state index contributed by atoms with van der Waals surface area (Å²) in [5.41, 5.74) is -0.479. The fraction of sp³-hybridized carbons (Fsp3) is 0.789. The number of ether oxygens (including phenoxy) is 1. The molecule has 0 bridgehead atoms. The SMILES string of the molecule is CCNC(=NCCn1cnnc1CC)NC1CCCN(C(=O)OC(C)(C)C)C1. The largest absolute Gasteiger partial charge is 0.444 e. The number of aromatic nitrogens is 3. The van der Waals surface area contributed by atoms with Crippen LogP contribution in [0.5, 0.6) is 0 Å². The quantitative estimate of drug-likeness (QED) is 0.565. The van der Waals surface area contributed by atoms with Crippen LogP contribution in [0, 0.1) is 0 Å². The fourth-order valence-electron chi connectivity index (χ4n) is 3.11. The molecule has 1 amide bonds. The molecule has 0 spiro atoms. The van der Waals surface area contributed by atoms with Crippen LogP contribution in [0.1, 0.15) is 53.3 Å². The number of hydrogen-bond acceptors (Lipinski definition) is 5. The zero-order chi connectivity index (χ0) is 20.6. The van der Waals surface area contributed by atoms with Crippen molar-refractivity contribution in [3.63, 3.8) is 0 Å². The van der Waals surface area contributed by atoms with Gasteiger partial charge in [0.25, 0.3) is 0 Å². The van der Waals surface area contributed by atoms with E-state index < -0.39 is 5.60 Å². The lowest BCUT2D eigenvalue weighted by Crippen LogP contribution is -2.53. The van der Waals surface area contributed by atoms with Crippen LogP contribution in [0.25, 0.3) is 0 Å². The molecule has 1 atom stereocenters. The second-order valence-corrected chi connectivity index (χ2v) is 7.96. The van der Waals surface area contributed by atoms with Crippen LogP contribution >= 0.6 is 0 Å². The van der Waals surface area contributed by atoms with Gasteiger partial charge in [-0.15, -0.1) is 10.2 Å². The number of amides is 1. The first-order chi connectivity index (χ1) is 13.3. The molecule has 28 heavy (non-hydrogen) atoms. The van der Waals surface area contributed by atoms with Crippen molar-refractivity contribution in [1.82, 2.24) is 30.3 Å². The van der Waals surface area contributed by atoms with Crippen molar-refractivity contribution in [2.45, 2.75) is 72.1 Å². The molecule has 1 unspecified atom stereocenters. The van der Waals surface area contributed by atoms with Crippen molar-refractivity contribution in [3.05, 3.63) is 12.2 Å². The molecule has 2 rings (SSSR count). The topological polar surface area (TPSA) is 96.7 Å². The van der Waals surface area contributed by atoms with Crippen molar-refractivity contribution in [2.24, 2.45) is 4.99 Å². The lowest BCUT2D eigenvalue weighted by atomic mass is 10.1. The Kier molecular flexibility index (Phi) is 8.07. The molecule has 9 heteroatoms. The van der Waals surface area contributed by atoms with Gasteiger partial charge in [-0.1, -0.05) is 6.92 Å². The standard InChI is InChI=1S/C19H35N7O2/c1-6-16-24-22-14-26(16)12-10-21-17(20-7-2)23-15-9-8-11-25(13-15)18(27)28-19(3,4)5/h14-15H,6-13H2,1-5H3,(H2,20,21,23). The Morgan fingerprint density at radius 3 is 2.86 bits per heavy atom. The number of hydrogen-bond donors (Lipinski definition) is 2. The average molecular weight is 394 g/mol. The highest BCUT2D eigenvalue weighted by Crippen LogP contribution is 2.15. The predicted octanol–water partition coefficient (Wildman–Crippen LogP) is 1.80. The lowest BCUT2D eigenvalue weighted by molar-refractivity contribution is 0.0193. The summed E-state index contributed by atoms with van der Waals surface area (Å²) in [6.45, 7) is 13.3. The van der Waals surface area contributed by atoms with Gasteiger partial charge in [0.2, 0.25) is 0 Å². The van der Waals surface area contributed by atoms with Crippen molar-refractivity contribution in [3.8, 4) is 0 Å². The molecular formula is C19H35N7O2. The average Bonchev–Trinajstić information content (AvgIpc) is 3.08. The Balaban J connectivity index is 1.90. The highest BCUT2D eigenvalue weighted by atomic mass is 16.6. The van der Waals surface area contributed by atoms with Crippen LogP contribution in [0.15, 0.2) is 11.3 Å². The van der Waals surface area contributed by atoms with Crippen molar-refractivity contribution in [1.29, 1.82) is 0 Å². The Bertz CT molecular complexity index is 651. The monoisotopic (exact) mass is 393 g/mol. The van der Waals surface area contributed by atoms with Crippen LogP contribution in [-0.2, 0) is 17.7 Å². The minimum absolute atomic E-state index is 0.153. The Labute approximate surface area is 167 Å².